The van der Waals surface area contributed by atoms with E-state index in [1.807, 2.05) is 0 Å². The Morgan fingerprint density at radius 2 is 1.80 bits per heavy atom. The van der Waals surface area contributed by atoms with E-state index in [9.17, 15) is 28.1 Å². The van der Waals surface area contributed by atoms with Crippen LogP contribution < -0.4 is 4.31 Å². The molecule has 0 bridgehead atoms. The van der Waals surface area contributed by atoms with Gasteiger partial charge in [-0.2, -0.15) is 0 Å². The number of ether oxygens (including phenoxy) is 2. The zero-order valence-electron chi connectivity index (χ0n) is 16.5. The summed E-state index contributed by atoms with van der Waals surface area (Å²) in [5.41, 5.74) is -0.352. The molecule has 2 aromatic carbocycles. The highest BCUT2D eigenvalue weighted by molar-refractivity contribution is 7.93. The van der Waals surface area contributed by atoms with Gasteiger partial charge in [0.05, 0.1) is 29.9 Å². The predicted molar refractivity (Wildman–Crippen MR) is 107 cm³/mol. The van der Waals surface area contributed by atoms with Crippen molar-refractivity contribution in [2.24, 2.45) is 0 Å². The van der Waals surface area contributed by atoms with Gasteiger partial charge in [-0.3, -0.25) is 19.2 Å². The van der Waals surface area contributed by atoms with Crippen molar-refractivity contribution < 1.29 is 32.4 Å². The van der Waals surface area contributed by atoms with Gasteiger partial charge in [-0.05, 0) is 37.6 Å². The molecule has 11 heteroatoms. The number of nitro benzene ring substituents is 1. The van der Waals surface area contributed by atoms with E-state index in [0.29, 0.717) is 4.31 Å². The standard InChI is InChI=1S/C19H20N2O8S/c1-4-29-18(22)12-20(15-10-7-8-14(13(15)2)19(23)28-3)30(26,27)17-11-6-5-9-16(17)21(24)25/h5-11H,4,12H2,1-3H3. The second-order valence-corrected chi connectivity index (χ2v) is 7.81. The van der Waals surface area contributed by atoms with Crippen molar-refractivity contribution in [1.82, 2.24) is 0 Å². The van der Waals surface area contributed by atoms with Gasteiger partial charge < -0.3 is 9.47 Å². The van der Waals surface area contributed by atoms with Gasteiger partial charge in [0.1, 0.15) is 6.54 Å². The molecule has 0 N–H and O–H groups in total. The number of para-hydroxylation sites is 1. The molecule has 0 saturated heterocycles. The predicted octanol–water partition coefficient (Wildman–Crippen LogP) is 2.45. The van der Waals surface area contributed by atoms with Crippen molar-refractivity contribution in [3.8, 4) is 0 Å². The van der Waals surface area contributed by atoms with E-state index in [1.54, 1.807) is 6.92 Å². The number of nitro groups is 1. The monoisotopic (exact) mass is 436 g/mol. The first-order valence-electron chi connectivity index (χ1n) is 8.74. The number of hydrogen-bond donors (Lipinski definition) is 0. The van der Waals surface area contributed by atoms with Gasteiger partial charge in [-0.25, -0.2) is 13.2 Å². The summed E-state index contributed by atoms with van der Waals surface area (Å²) in [4.78, 5) is 34.1. The van der Waals surface area contributed by atoms with Gasteiger partial charge in [0, 0.05) is 6.07 Å². The molecule has 0 amide bonds. The summed E-state index contributed by atoms with van der Waals surface area (Å²) >= 11 is 0. The highest BCUT2D eigenvalue weighted by Gasteiger charge is 2.34. The topological polar surface area (TPSA) is 133 Å². The molecule has 0 saturated carbocycles. The molecule has 0 fully saturated rings. The van der Waals surface area contributed by atoms with E-state index in [-0.39, 0.29) is 23.4 Å². The Labute approximate surface area is 173 Å². The van der Waals surface area contributed by atoms with Crippen LogP contribution in [0.4, 0.5) is 11.4 Å². The van der Waals surface area contributed by atoms with Crippen molar-refractivity contribution in [2.75, 3.05) is 24.6 Å². The van der Waals surface area contributed by atoms with Crippen molar-refractivity contribution in [2.45, 2.75) is 18.7 Å². The number of carbonyl (C=O) groups excluding carboxylic acids is 2. The number of methoxy groups -OCH3 is 1. The number of hydrogen-bond acceptors (Lipinski definition) is 8. The molecule has 2 aromatic rings. The molecule has 0 aliphatic rings. The molecular weight excluding hydrogens is 416 g/mol. The van der Waals surface area contributed by atoms with Crippen molar-refractivity contribution in [1.29, 1.82) is 0 Å². The summed E-state index contributed by atoms with van der Waals surface area (Å²) in [7, 11) is -3.40. The molecule has 0 unspecified atom stereocenters. The molecule has 30 heavy (non-hydrogen) atoms. The molecule has 0 aliphatic heterocycles. The maximum atomic E-state index is 13.4. The van der Waals surface area contributed by atoms with Crippen LogP contribution in [0.2, 0.25) is 0 Å². The fourth-order valence-corrected chi connectivity index (χ4v) is 4.42. The summed E-state index contributed by atoms with van der Waals surface area (Å²) < 4.78 is 37.1. The van der Waals surface area contributed by atoms with Gasteiger partial charge in [0.15, 0.2) is 4.90 Å². The largest absolute Gasteiger partial charge is 0.465 e. The second-order valence-electron chi connectivity index (χ2n) is 5.98. The SMILES string of the molecule is CCOC(=O)CN(c1cccc(C(=O)OC)c1C)S(=O)(=O)c1ccccc1[N+](=O)[O-]. The Kier molecular flexibility index (Phi) is 7.11. The third kappa shape index (κ3) is 4.57. The minimum Gasteiger partial charge on any atom is -0.465 e. The third-order valence-corrected chi connectivity index (χ3v) is 5.99. The molecule has 2 rings (SSSR count). The Morgan fingerprint density at radius 3 is 2.40 bits per heavy atom. The Balaban J connectivity index is 2.73. The fourth-order valence-electron chi connectivity index (χ4n) is 2.79. The van der Waals surface area contributed by atoms with Gasteiger partial charge in [-0.15, -0.1) is 0 Å². The fraction of sp³-hybridized carbons (Fsp3) is 0.263. The lowest BCUT2D eigenvalue weighted by Gasteiger charge is -2.25. The van der Waals surface area contributed by atoms with E-state index >= 15 is 0 Å². The van der Waals surface area contributed by atoms with E-state index in [0.717, 1.165) is 12.1 Å². The molecule has 0 heterocycles. The van der Waals surface area contributed by atoms with Crippen LogP contribution in [-0.4, -0.2) is 45.5 Å². The summed E-state index contributed by atoms with van der Waals surface area (Å²) in [5, 5.41) is 11.4. The molecule has 160 valence electrons. The first kappa shape index (κ1) is 22.8. The van der Waals surface area contributed by atoms with Crippen molar-refractivity contribution in [3.63, 3.8) is 0 Å². The number of benzene rings is 2. The van der Waals surface area contributed by atoms with Crippen molar-refractivity contribution in [3.05, 3.63) is 63.7 Å². The van der Waals surface area contributed by atoms with Crippen LogP contribution in [-0.2, 0) is 24.3 Å². The lowest BCUT2D eigenvalue weighted by molar-refractivity contribution is -0.387. The quantitative estimate of drug-likeness (QED) is 0.350. The molecule has 0 atom stereocenters. The second kappa shape index (κ2) is 9.35. The maximum absolute atomic E-state index is 13.4. The van der Waals surface area contributed by atoms with Crippen LogP contribution in [0.5, 0.6) is 0 Å². The van der Waals surface area contributed by atoms with Gasteiger partial charge in [0.2, 0.25) is 0 Å². The van der Waals surface area contributed by atoms with E-state index in [2.05, 4.69) is 0 Å². The Hall–Kier alpha value is -3.47. The first-order valence-corrected chi connectivity index (χ1v) is 10.2. The van der Waals surface area contributed by atoms with E-state index in [1.165, 1.54) is 44.4 Å². The number of esters is 2. The summed E-state index contributed by atoms with van der Waals surface area (Å²) in [6.07, 6.45) is 0. The molecule has 0 radical (unpaired) electrons. The summed E-state index contributed by atoms with van der Waals surface area (Å²) in [5.74, 6) is -1.56. The van der Waals surface area contributed by atoms with Gasteiger partial charge in [0.25, 0.3) is 15.7 Å². The van der Waals surface area contributed by atoms with Crippen molar-refractivity contribution >= 4 is 33.3 Å². The van der Waals surface area contributed by atoms with Gasteiger partial charge >= 0.3 is 11.9 Å². The Morgan fingerprint density at radius 1 is 1.13 bits per heavy atom. The average molecular weight is 436 g/mol. The lowest BCUT2D eigenvalue weighted by atomic mass is 10.1. The third-order valence-electron chi connectivity index (χ3n) is 4.19. The molecule has 0 aliphatic carbocycles. The molecule has 0 aromatic heterocycles. The zero-order chi connectivity index (χ0) is 22.5. The van der Waals surface area contributed by atoms with E-state index in [4.69, 9.17) is 9.47 Å². The normalized spacial score (nSPS) is 10.9. The number of sulfonamides is 1. The first-order chi connectivity index (χ1) is 14.1. The van der Waals surface area contributed by atoms with Crippen LogP contribution in [0, 0.1) is 17.0 Å². The van der Waals surface area contributed by atoms with Crippen LogP contribution >= 0.6 is 0 Å². The lowest BCUT2D eigenvalue weighted by Crippen LogP contribution is -2.37. The average Bonchev–Trinajstić information content (AvgIpc) is 2.72. The number of carbonyl (C=O) groups is 2. The number of anilines is 1. The highest BCUT2D eigenvalue weighted by Crippen LogP contribution is 2.32. The zero-order valence-corrected chi connectivity index (χ0v) is 17.3. The maximum Gasteiger partial charge on any atom is 0.338 e. The minimum absolute atomic E-state index is 0.0101. The summed E-state index contributed by atoms with van der Waals surface area (Å²) in [6, 6.07) is 9.02. The Bertz CT molecular complexity index is 1080. The molecule has 0 spiro atoms. The van der Waals surface area contributed by atoms with Crippen LogP contribution in [0.25, 0.3) is 0 Å². The van der Waals surface area contributed by atoms with Crippen LogP contribution in [0.1, 0.15) is 22.8 Å². The van der Waals surface area contributed by atoms with E-state index < -0.39 is 44.0 Å². The van der Waals surface area contributed by atoms with Crippen LogP contribution in [0.3, 0.4) is 0 Å². The molecular formula is C19H20N2O8S. The summed E-state index contributed by atoms with van der Waals surface area (Å²) in [6.45, 7) is 2.31. The highest BCUT2D eigenvalue weighted by atomic mass is 32.2. The minimum atomic E-state index is -4.58. The number of rotatable bonds is 8. The number of nitrogens with zero attached hydrogens (tertiary/aromatic N) is 2. The smallest absolute Gasteiger partial charge is 0.338 e. The molecule has 10 nitrogen and oxygen atoms in total. The van der Waals surface area contributed by atoms with Gasteiger partial charge in [-0.1, -0.05) is 18.2 Å². The van der Waals surface area contributed by atoms with Crippen LogP contribution in [0.15, 0.2) is 47.4 Å².